The average molecular weight is 374 g/mol. The van der Waals surface area contributed by atoms with Crippen LogP contribution in [0.1, 0.15) is 6.42 Å². The second kappa shape index (κ2) is 8.20. The van der Waals surface area contributed by atoms with Crippen molar-refractivity contribution in [1.82, 2.24) is 4.31 Å². The van der Waals surface area contributed by atoms with Crippen molar-refractivity contribution in [2.45, 2.75) is 6.42 Å². The van der Waals surface area contributed by atoms with Crippen LogP contribution in [0.15, 0.2) is 59.6 Å². The van der Waals surface area contributed by atoms with E-state index >= 15 is 0 Å². The molecule has 8 heteroatoms. The number of benzene rings is 2. The molecule has 3 rings (SSSR count). The van der Waals surface area contributed by atoms with E-state index in [2.05, 4.69) is 10.3 Å². The Morgan fingerprint density at radius 1 is 1.15 bits per heavy atom. The van der Waals surface area contributed by atoms with E-state index in [-0.39, 0.29) is 11.7 Å². The van der Waals surface area contributed by atoms with Gasteiger partial charge in [-0.2, -0.15) is 0 Å². The molecule has 7 nitrogen and oxygen atoms in total. The van der Waals surface area contributed by atoms with Crippen molar-refractivity contribution in [3.63, 3.8) is 0 Å². The van der Waals surface area contributed by atoms with Gasteiger partial charge in [-0.25, -0.2) is 12.7 Å². The van der Waals surface area contributed by atoms with Gasteiger partial charge in [0.15, 0.2) is 5.96 Å². The summed E-state index contributed by atoms with van der Waals surface area (Å²) in [6, 6.07) is 16.9. The van der Waals surface area contributed by atoms with E-state index in [1.807, 2.05) is 54.6 Å². The lowest BCUT2D eigenvalue weighted by atomic mass is 10.3. The molecular formula is C18H22N4O3S. The second-order valence-electron chi connectivity index (χ2n) is 5.90. The van der Waals surface area contributed by atoms with Crippen LogP contribution in [0.3, 0.4) is 0 Å². The molecule has 1 aliphatic heterocycles. The van der Waals surface area contributed by atoms with Gasteiger partial charge in [-0.15, -0.1) is 0 Å². The Kier molecular flexibility index (Phi) is 5.75. The average Bonchev–Trinajstić information content (AvgIpc) is 2.95. The summed E-state index contributed by atoms with van der Waals surface area (Å²) in [5.41, 5.74) is 6.63. The highest BCUT2D eigenvalue weighted by molar-refractivity contribution is 7.89. The highest BCUT2D eigenvalue weighted by Gasteiger charge is 2.27. The molecule has 0 bridgehead atoms. The molecule has 1 fully saturated rings. The van der Waals surface area contributed by atoms with Gasteiger partial charge in [0.1, 0.15) is 11.5 Å². The van der Waals surface area contributed by atoms with Crippen LogP contribution < -0.4 is 15.8 Å². The van der Waals surface area contributed by atoms with Crippen molar-refractivity contribution < 1.29 is 13.2 Å². The molecule has 1 aliphatic rings. The Balaban J connectivity index is 1.55. The van der Waals surface area contributed by atoms with Crippen LogP contribution >= 0.6 is 0 Å². The van der Waals surface area contributed by atoms with Crippen molar-refractivity contribution in [2.24, 2.45) is 10.7 Å². The van der Waals surface area contributed by atoms with Gasteiger partial charge in [-0.1, -0.05) is 24.3 Å². The minimum Gasteiger partial charge on any atom is -0.457 e. The molecule has 138 valence electrons. The molecule has 1 saturated heterocycles. The number of anilines is 1. The van der Waals surface area contributed by atoms with Gasteiger partial charge in [0, 0.05) is 24.8 Å². The summed E-state index contributed by atoms with van der Waals surface area (Å²) in [4.78, 5) is 4.20. The third-order valence-corrected chi connectivity index (χ3v) is 5.88. The molecule has 0 unspecified atom stereocenters. The number of aliphatic imine (C=N–C) groups is 1. The van der Waals surface area contributed by atoms with Crippen LogP contribution in [-0.2, 0) is 10.0 Å². The lowest BCUT2D eigenvalue weighted by Crippen LogP contribution is -2.30. The lowest BCUT2D eigenvalue weighted by Gasteiger charge is -2.13. The lowest BCUT2D eigenvalue weighted by molar-refractivity contribution is 0.452. The number of hydrogen-bond donors (Lipinski definition) is 2. The monoisotopic (exact) mass is 374 g/mol. The third kappa shape index (κ3) is 4.96. The predicted octanol–water partition coefficient (Wildman–Crippen LogP) is 2.24. The van der Waals surface area contributed by atoms with E-state index in [9.17, 15) is 8.42 Å². The maximum atomic E-state index is 11.7. The topological polar surface area (TPSA) is 97.0 Å². The standard InChI is InChI=1S/C18H22N4O3S/c19-18(20-10-12-22-11-5-13-26(22,23)24)21-15-6-4-9-17(14-15)25-16-7-2-1-3-8-16/h1-4,6-9,14H,5,10-13H2,(H3,19,20,21). The van der Waals surface area contributed by atoms with Crippen LogP contribution in [0.5, 0.6) is 11.5 Å². The number of nitrogens with two attached hydrogens (primary N) is 1. The van der Waals surface area contributed by atoms with E-state index in [0.717, 1.165) is 11.4 Å². The molecule has 0 radical (unpaired) electrons. The van der Waals surface area contributed by atoms with Crippen molar-refractivity contribution >= 4 is 21.7 Å². The smallest absolute Gasteiger partial charge is 0.214 e. The summed E-state index contributed by atoms with van der Waals surface area (Å²) in [6.07, 6.45) is 0.675. The normalized spacial score (nSPS) is 17.2. The van der Waals surface area contributed by atoms with Crippen molar-refractivity contribution in [2.75, 3.05) is 30.7 Å². The van der Waals surface area contributed by atoms with E-state index in [4.69, 9.17) is 10.5 Å². The molecule has 0 saturated carbocycles. The van der Waals surface area contributed by atoms with Gasteiger partial charge >= 0.3 is 0 Å². The zero-order valence-electron chi connectivity index (χ0n) is 14.3. The van der Waals surface area contributed by atoms with Gasteiger partial charge in [-0.3, -0.25) is 4.99 Å². The SMILES string of the molecule is NC(=NCCN1CCCS1(=O)=O)Nc1cccc(Oc2ccccc2)c1. The quantitative estimate of drug-likeness (QED) is 0.597. The van der Waals surface area contributed by atoms with Crippen molar-refractivity contribution in [3.05, 3.63) is 54.6 Å². The number of rotatable bonds is 6. The third-order valence-electron chi connectivity index (χ3n) is 3.92. The minimum atomic E-state index is -3.09. The first-order valence-electron chi connectivity index (χ1n) is 8.41. The van der Waals surface area contributed by atoms with Crippen molar-refractivity contribution in [3.8, 4) is 11.5 Å². The predicted molar refractivity (Wildman–Crippen MR) is 103 cm³/mol. The summed E-state index contributed by atoms with van der Waals surface area (Å²) in [5.74, 6) is 1.88. The molecule has 26 heavy (non-hydrogen) atoms. The number of para-hydroxylation sites is 1. The molecular weight excluding hydrogens is 352 g/mol. The molecule has 0 aromatic heterocycles. The van der Waals surface area contributed by atoms with Crippen LogP contribution in [0.2, 0.25) is 0 Å². The summed E-state index contributed by atoms with van der Waals surface area (Å²) in [6.45, 7) is 1.23. The Morgan fingerprint density at radius 2 is 1.92 bits per heavy atom. The maximum absolute atomic E-state index is 11.7. The highest BCUT2D eigenvalue weighted by Crippen LogP contribution is 2.23. The number of guanidine groups is 1. The molecule has 0 atom stereocenters. The number of hydrogen-bond acceptors (Lipinski definition) is 4. The maximum Gasteiger partial charge on any atom is 0.214 e. The number of nitrogens with one attached hydrogen (secondary N) is 1. The molecule has 3 N–H and O–H groups in total. The molecule has 0 aliphatic carbocycles. The summed E-state index contributed by atoms with van der Waals surface area (Å²) in [5, 5.41) is 2.99. The Bertz CT molecular complexity index is 869. The number of sulfonamides is 1. The van der Waals surface area contributed by atoms with Crippen molar-refractivity contribution in [1.29, 1.82) is 0 Å². The van der Waals surface area contributed by atoms with Crippen LogP contribution in [0, 0.1) is 0 Å². The van der Waals surface area contributed by atoms with Crippen LogP contribution in [-0.4, -0.2) is 44.1 Å². The first kappa shape index (κ1) is 18.2. The second-order valence-corrected chi connectivity index (χ2v) is 7.99. The number of nitrogens with zero attached hydrogens (tertiary/aromatic N) is 2. The van der Waals surface area contributed by atoms with E-state index in [1.165, 1.54) is 4.31 Å². The van der Waals surface area contributed by atoms with Gasteiger partial charge in [0.05, 0.1) is 12.3 Å². The molecule has 0 spiro atoms. The first-order chi connectivity index (χ1) is 12.5. The van der Waals surface area contributed by atoms with Gasteiger partial charge in [0.2, 0.25) is 10.0 Å². The van der Waals surface area contributed by atoms with Crippen LogP contribution in [0.4, 0.5) is 5.69 Å². The van der Waals surface area contributed by atoms with E-state index in [0.29, 0.717) is 31.8 Å². The van der Waals surface area contributed by atoms with Gasteiger partial charge < -0.3 is 15.8 Å². The highest BCUT2D eigenvalue weighted by atomic mass is 32.2. The summed E-state index contributed by atoms with van der Waals surface area (Å²) < 4.78 is 30.7. The zero-order valence-corrected chi connectivity index (χ0v) is 15.2. The minimum absolute atomic E-state index is 0.221. The van der Waals surface area contributed by atoms with Gasteiger partial charge in [-0.05, 0) is 30.7 Å². The van der Waals surface area contributed by atoms with Gasteiger partial charge in [0.25, 0.3) is 0 Å². The fourth-order valence-electron chi connectivity index (χ4n) is 2.67. The fourth-order valence-corrected chi connectivity index (χ4v) is 4.19. The summed E-state index contributed by atoms with van der Waals surface area (Å²) >= 11 is 0. The molecule has 1 heterocycles. The molecule has 2 aromatic rings. The Morgan fingerprint density at radius 3 is 2.65 bits per heavy atom. The largest absolute Gasteiger partial charge is 0.457 e. The molecule has 0 amide bonds. The number of ether oxygens (including phenoxy) is 1. The fraction of sp³-hybridized carbons (Fsp3) is 0.278. The van der Waals surface area contributed by atoms with Crippen LogP contribution in [0.25, 0.3) is 0 Å². The first-order valence-corrected chi connectivity index (χ1v) is 10.0. The summed E-state index contributed by atoms with van der Waals surface area (Å²) in [7, 11) is -3.09. The van der Waals surface area contributed by atoms with E-state index < -0.39 is 10.0 Å². The Hall–Kier alpha value is -2.58. The zero-order chi connectivity index (χ0) is 18.4. The molecule has 2 aromatic carbocycles. The van der Waals surface area contributed by atoms with E-state index in [1.54, 1.807) is 0 Å². The Labute approximate surface area is 153 Å².